The molecule has 0 fully saturated rings. The summed E-state index contributed by atoms with van der Waals surface area (Å²) in [5.41, 5.74) is 1.02. The molecule has 2 N–H and O–H groups in total. The maximum Gasteiger partial charge on any atom is 0.319 e. The minimum absolute atomic E-state index is 0.0463. The van der Waals surface area contributed by atoms with Gasteiger partial charge in [0.15, 0.2) is 0 Å². The van der Waals surface area contributed by atoms with Crippen LogP contribution in [-0.2, 0) is 9.53 Å². The molecule has 1 aromatic rings. The monoisotopic (exact) mass is 223 g/mol. The number of aromatic hydroxyl groups is 1. The fourth-order valence-corrected chi connectivity index (χ4v) is 1.33. The van der Waals surface area contributed by atoms with Crippen molar-refractivity contribution in [3.8, 4) is 5.75 Å². The number of phenolic OH excluding ortho intramolecular Hbond substituents is 1. The molecule has 0 saturated carbocycles. The summed E-state index contributed by atoms with van der Waals surface area (Å²) in [6.07, 6.45) is 0. The Morgan fingerprint density at radius 1 is 1.44 bits per heavy atom. The van der Waals surface area contributed by atoms with E-state index in [1.165, 1.54) is 0 Å². The Labute approximate surface area is 95.2 Å². The largest absolute Gasteiger partial charge is 0.508 e. The number of ether oxygens (including phenoxy) is 1. The first-order chi connectivity index (χ1) is 7.63. The molecule has 4 heteroatoms. The van der Waals surface area contributed by atoms with Gasteiger partial charge in [-0.05, 0) is 31.5 Å². The zero-order valence-electron chi connectivity index (χ0n) is 9.56. The highest BCUT2D eigenvalue weighted by Crippen LogP contribution is 2.15. The average molecular weight is 223 g/mol. The third-order valence-corrected chi connectivity index (χ3v) is 2.25. The molecule has 1 rings (SSSR count). The van der Waals surface area contributed by atoms with Crippen LogP contribution in [0.25, 0.3) is 0 Å². The lowest BCUT2D eigenvalue weighted by molar-refractivity contribution is -0.142. The second kappa shape index (κ2) is 6.12. The van der Waals surface area contributed by atoms with E-state index < -0.39 is 0 Å². The molecule has 0 spiro atoms. The molecule has 0 radical (unpaired) electrons. The third kappa shape index (κ3) is 3.90. The van der Waals surface area contributed by atoms with Gasteiger partial charge < -0.3 is 15.2 Å². The zero-order chi connectivity index (χ0) is 12.0. The van der Waals surface area contributed by atoms with Crippen molar-refractivity contribution in [1.82, 2.24) is 5.32 Å². The Bertz CT molecular complexity index is 335. The Kier molecular flexibility index (Phi) is 4.79. The molecule has 1 aromatic carbocycles. The van der Waals surface area contributed by atoms with Gasteiger partial charge >= 0.3 is 5.97 Å². The Morgan fingerprint density at radius 3 is 2.62 bits per heavy atom. The number of rotatable bonds is 5. The standard InChI is InChI=1S/C12H17NO3/c1-3-16-12(15)8-13-9(2)10-4-6-11(14)7-5-10/h4-7,9,13-14H,3,8H2,1-2H3. The summed E-state index contributed by atoms with van der Waals surface area (Å²) in [6.45, 7) is 4.32. The number of carbonyl (C=O) groups excluding carboxylic acids is 1. The first kappa shape index (κ1) is 12.5. The number of esters is 1. The van der Waals surface area contributed by atoms with Crippen molar-refractivity contribution < 1.29 is 14.6 Å². The van der Waals surface area contributed by atoms with Gasteiger partial charge in [-0.25, -0.2) is 0 Å². The number of benzene rings is 1. The first-order valence-corrected chi connectivity index (χ1v) is 5.31. The molecule has 0 aliphatic rings. The van der Waals surface area contributed by atoms with E-state index in [0.29, 0.717) is 6.61 Å². The van der Waals surface area contributed by atoms with Crippen molar-refractivity contribution in [2.75, 3.05) is 13.2 Å². The molecular weight excluding hydrogens is 206 g/mol. The van der Waals surface area contributed by atoms with Gasteiger partial charge in [0, 0.05) is 6.04 Å². The van der Waals surface area contributed by atoms with E-state index in [1.807, 2.05) is 19.1 Å². The van der Waals surface area contributed by atoms with Gasteiger partial charge in [-0.1, -0.05) is 12.1 Å². The number of hydrogen-bond donors (Lipinski definition) is 2. The van der Waals surface area contributed by atoms with Gasteiger partial charge in [0.2, 0.25) is 0 Å². The molecule has 0 aromatic heterocycles. The van der Waals surface area contributed by atoms with E-state index in [4.69, 9.17) is 9.84 Å². The summed E-state index contributed by atoms with van der Waals surface area (Å²) in [7, 11) is 0. The maximum absolute atomic E-state index is 11.1. The van der Waals surface area contributed by atoms with Crippen LogP contribution >= 0.6 is 0 Å². The van der Waals surface area contributed by atoms with Crippen LogP contribution in [0.2, 0.25) is 0 Å². The lowest BCUT2D eigenvalue weighted by Gasteiger charge is -2.13. The molecule has 0 saturated heterocycles. The predicted octanol–water partition coefficient (Wildman–Crippen LogP) is 1.61. The highest BCUT2D eigenvalue weighted by atomic mass is 16.5. The fourth-order valence-electron chi connectivity index (χ4n) is 1.33. The van der Waals surface area contributed by atoms with E-state index in [9.17, 15) is 4.79 Å². The van der Waals surface area contributed by atoms with Crippen LogP contribution in [0.5, 0.6) is 5.75 Å². The van der Waals surface area contributed by atoms with E-state index >= 15 is 0 Å². The van der Waals surface area contributed by atoms with Crippen molar-refractivity contribution in [1.29, 1.82) is 0 Å². The summed E-state index contributed by atoms with van der Waals surface area (Å²) in [5, 5.41) is 12.2. The maximum atomic E-state index is 11.1. The SMILES string of the molecule is CCOC(=O)CNC(C)c1ccc(O)cc1. The summed E-state index contributed by atoms with van der Waals surface area (Å²) in [6, 6.07) is 6.93. The van der Waals surface area contributed by atoms with Gasteiger partial charge in [0.1, 0.15) is 5.75 Å². The second-order valence-electron chi connectivity index (χ2n) is 3.50. The van der Waals surface area contributed by atoms with Crippen LogP contribution in [0.1, 0.15) is 25.5 Å². The van der Waals surface area contributed by atoms with Crippen molar-refractivity contribution in [2.24, 2.45) is 0 Å². The minimum atomic E-state index is -0.256. The summed E-state index contributed by atoms with van der Waals surface area (Å²) in [4.78, 5) is 11.1. The lowest BCUT2D eigenvalue weighted by atomic mass is 10.1. The van der Waals surface area contributed by atoms with Crippen LogP contribution in [0.4, 0.5) is 0 Å². The third-order valence-electron chi connectivity index (χ3n) is 2.25. The van der Waals surface area contributed by atoms with Gasteiger partial charge in [-0.2, -0.15) is 0 Å². The highest BCUT2D eigenvalue weighted by molar-refractivity contribution is 5.71. The quantitative estimate of drug-likeness (QED) is 0.744. The lowest BCUT2D eigenvalue weighted by Crippen LogP contribution is -2.27. The van der Waals surface area contributed by atoms with Crippen LogP contribution < -0.4 is 5.32 Å². The first-order valence-electron chi connectivity index (χ1n) is 5.31. The average Bonchev–Trinajstić information content (AvgIpc) is 2.27. The molecule has 0 aliphatic heterocycles. The van der Waals surface area contributed by atoms with Crippen molar-refractivity contribution in [3.05, 3.63) is 29.8 Å². The number of carbonyl (C=O) groups is 1. The molecule has 4 nitrogen and oxygen atoms in total. The van der Waals surface area contributed by atoms with E-state index in [2.05, 4.69) is 5.32 Å². The van der Waals surface area contributed by atoms with Crippen LogP contribution in [0.3, 0.4) is 0 Å². The Morgan fingerprint density at radius 2 is 2.06 bits per heavy atom. The Balaban J connectivity index is 2.43. The van der Waals surface area contributed by atoms with E-state index in [-0.39, 0.29) is 24.3 Å². The summed E-state index contributed by atoms with van der Waals surface area (Å²) in [5.74, 6) is -0.0190. The van der Waals surface area contributed by atoms with Gasteiger partial charge in [0.25, 0.3) is 0 Å². The number of hydrogen-bond acceptors (Lipinski definition) is 4. The molecular formula is C12H17NO3. The van der Waals surface area contributed by atoms with E-state index in [0.717, 1.165) is 5.56 Å². The molecule has 16 heavy (non-hydrogen) atoms. The Hall–Kier alpha value is -1.55. The molecule has 1 atom stereocenters. The molecule has 0 bridgehead atoms. The normalized spacial score (nSPS) is 12.1. The smallest absolute Gasteiger partial charge is 0.319 e. The number of nitrogens with one attached hydrogen (secondary N) is 1. The van der Waals surface area contributed by atoms with Gasteiger partial charge in [-0.3, -0.25) is 4.79 Å². The summed E-state index contributed by atoms with van der Waals surface area (Å²) < 4.78 is 4.81. The fraction of sp³-hybridized carbons (Fsp3) is 0.417. The molecule has 0 amide bonds. The van der Waals surface area contributed by atoms with Crippen LogP contribution in [0.15, 0.2) is 24.3 Å². The summed E-state index contributed by atoms with van der Waals surface area (Å²) >= 11 is 0. The minimum Gasteiger partial charge on any atom is -0.508 e. The number of phenols is 1. The van der Waals surface area contributed by atoms with Crippen LogP contribution in [-0.4, -0.2) is 24.2 Å². The highest BCUT2D eigenvalue weighted by Gasteiger charge is 2.07. The van der Waals surface area contributed by atoms with Gasteiger partial charge in [0.05, 0.1) is 13.2 Å². The van der Waals surface area contributed by atoms with Crippen LogP contribution in [0, 0.1) is 0 Å². The molecule has 88 valence electrons. The molecule has 0 heterocycles. The van der Waals surface area contributed by atoms with Crippen molar-refractivity contribution in [3.63, 3.8) is 0 Å². The zero-order valence-corrected chi connectivity index (χ0v) is 9.56. The predicted molar refractivity (Wildman–Crippen MR) is 61.2 cm³/mol. The second-order valence-corrected chi connectivity index (χ2v) is 3.50. The van der Waals surface area contributed by atoms with Crippen molar-refractivity contribution >= 4 is 5.97 Å². The topological polar surface area (TPSA) is 58.6 Å². The molecule has 0 aliphatic carbocycles. The van der Waals surface area contributed by atoms with Gasteiger partial charge in [-0.15, -0.1) is 0 Å². The van der Waals surface area contributed by atoms with E-state index in [1.54, 1.807) is 19.1 Å². The molecule has 1 unspecified atom stereocenters. The van der Waals surface area contributed by atoms with Crippen molar-refractivity contribution in [2.45, 2.75) is 19.9 Å².